The highest BCUT2D eigenvalue weighted by molar-refractivity contribution is 6.60. The van der Waals surface area contributed by atoms with Crippen molar-refractivity contribution in [1.29, 1.82) is 0 Å². The zero-order valence-electron chi connectivity index (χ0n) is 16.0. The van der Waals surface area contributed by atoms with E-state index in [1.807, 2.05) is 6.92 Å². The van der Waals surface area contributed by atoms with Crippen molar-refractivity contribution in [3.8, 4) is 0 Å². The van der Waals surface area contributed by atoms with Gasteiger partial charge in [-0.15, -0.1) is 0 Å². The summed E-state index contributed by atoms with van der Waals surface area (Å²) in [4.78, 5) is 10.3. The van der Waals surface area contributed by atoms with Crippen molar-refractivity contribution in [3.63, 3.8) is 0 Å². The Balaban J connectivity index is 0. The monoisotopic (exact) mass is 379 g/mol. The van der Waals surface area contributed by atoms with Crippen LogP contribution in [0.25, 0.3) is 0 Å². The zero-order valence-corrected chi connectivity index (χ0v) is 17.0. The molecule has 0 aromatic rings. The second-order valence-electron chi connectivity index (χ2n) is 5.30. The SMILES string of the molecule is C=CC(=O)OCCCC.CO[Si](CCCN)(OC)OC(N)CCCN. The molecular weight excluding hydrogens is 342 g/mol. The van der Waals surface area contributed by atoms with Crippen LogP contribution in [0.3, 0.4) is 0 Å². The molecule has 150 valence electrons. The number of nitrogens with two attached hydrogens (primary N) is 3. The summed E-state index contributed by atoms with van der Waals surface area (Å²) in [5, 5.41) is 0. The maximum atomic E-state index is 10.3. The predicted molar refractivity (Wildman–Crippen MR) is 102 cm³/mol. The van der Waals surface area contributed by atoms with Gasteiger partial charge in [-0.1, -0.05) is 19.9 Å². The lowest BCUT2D eigenvalue weighted by molar-refractivity contribution is -0.137. The Bertz CT molecular complexity index is 331. The fraction of sp³-hybridized carbons (Fsp3) is 0.812. The van der Waals surface area contributed by atoms with Crippen molar-refractivity contribution in [2.75, 3.05) is 33.9 Å². The second-order valence-corrected chi connectivity index (χ2v) is 8.21. The third-order valence-corrected chi connectivity index (χ3v) is 6.11. The summed E-state index contributed by atoms with van der Waals surface area (Å²) in [7, 11) is 0.547. The van der Waals surface area contributed by atoms with E-state index in [1.54, 1.807) is 14.2 Å². The van der Waals surface area contributed by atoms with E-state index in [1.165, 1.54) is 6.08 Å². The van der Waals surface area contributed by atoms with Gasteiger partial charge in [0.05, 0.1) is 12.8 Å². The van der Waals surface area contributed by atoms with Gasteiger partial charge in [0.1, 0.15) is 0 Å². The molecule has 1 unspecified atom stereocenters. The van der Waals surface area contributed by atoms with Crippen LogP contribution in [0.5, 0.6) is 0 Å². The molecule has 0 aliphatic rings. The molecule has 0 aromatic heterocycles. The van der Waals surface area contributed by atoms with Crippen molar-refractivity contribution in [2.24, 2.45) is 17.2 Å². The van der Waals surface area contributed by atoms with E-state index in [2.05, 4.69) is 11.3 Å². The van der Waals surface area contributed by atoms with E-state index in [9.17, 15) is 4.79 Å². The fourth-order valence-electron chi connectivity index (χ4n) is 1.75. The van der Waals surface area contributed by atoms with Gasteiger partial charge in [-0.25, -0.2) is 4.79 Å². The van der Waals surface area contributed by atoms with E-state index in [-0.39, 0.29) is 12.2 Å². The highest BCUT2D eigenvalue weighted by Crippen LogP contribution is 2.17. The minimum atomic E-state index is -2.62. The molecule has 0 aliphatic heterocycles. The van der Waals surface area contributed by atoms with Crippen LogP contribution in [0.2, 0.25) is 6.04 Å². The zero-order chi connectivity index (χ0) is 19.6. The van der Waals surface area contributed by atoms with Gasteiger partial charge in [0, 0.05) is 26.3 Å². The largest absolute Gasteiger partial charge is 0.501 e. The molecule has 6 N–H and O–H groups in total. The number of unbranched alkanes of at least 4 members (excludes halogenated alkanes) is 1. The first-order valence-corrected chi connectivity index (χ1v) is 10.6. The first-order valence-electron chi connectivity index (χ1n) is 8.68. The highest BCUT2D eigenvalue weighted by Gasteiger charge is 2.39. The van der Waals surface area contributed by atoms with Crippen LogP contribution in [-0.2, 0) is 22.8 Å². The molecule has 8 nitrogen and oxygen atoms in total. The van der Waals surface area contributed by atoms with Gasteiger partial charge in [0.15, 0.2) is 0 Å². The Hall–Kier alpha value is -0.813. The lowest BCUT2D eigenvalue weighted by Gasteiger charge is -2.29. The first kappa shape index (κ1) is 26.4. The number of ether oxygens (including phenoxy) is 1. The van der Waals surface area contributed by atoms with Crippen molar-refractivity contribution in [3.05, 3.63) is 12.7 Å². The highest BCUT2D eigenvalue weighted by atomic mass is 28.4. The number of carbonyl (C=O) groups excluding carboxylic acids is 1. The molecule has 0 fully saturated rings. The van der Waals surface area contributed by atoms with Crippen LogP contribution >= 0.6 is 0 Å². The fourth-order valence-corrected chi connectivity index (χ4v) is 3.85. The van der Waals surface area contributed by atoms with Crippen molar-refractivity contribution < 1.29 is 22.8 Å². The molecule has 0 bridgehead atoms. The smallest absolute Gasteiger partial charge is 0.463 e. The molecule has 0 rings (SSSR count). The van der Waals surface area contributed by atoms with Crippen molar-refractivity contribution >= 4 is 14.8 Å². The van der Waals surface area contributed by atoms with Crippen LogP contribution in [0.1, 0.15) is 39.0 Å². The Labute approximate surface area is 153 Å². The van der Waals surface area contributed by atoms with Gasteiger partial charge in [-0.3, -0.25) is 0 Å². The molecule has 0 spiro atoms. The van der Waals surface area contributed by atoms with E-state index < -0.39 is 8.80 Å². The summed E-state index contributed by atoms with van der Waals surface area (Å²) >= 11 is 0. The summed E-state index contributed by atoms with van der Waals surface area (Å²) in [6.45, 7) is 7.02. The normalized spacial score (nSPS) is 12.1. The quantitative estimate of drug-likeness (QED) is 0.134. The predicted octanol–water partition coefficient (Wildman–Crippen LogP) is 1.12. The van der Waals surface area contributed by atoms with E-state index in [4.69, 9.17) is 30.5 Å². The Kier molecular flexibility index (Phi) is 19.0. The van der Waals surface area contributed by atoms with Crippen LogP contribution in [0.15, 0.2) is 12.7 Å². The maximum Gasteiger partial charge on any atom is 0.501 e. The van der Waals surface area contributed by atoms with E-state index in [0.717, 1.165) is 25.7 Å². The second kappa shape index (κ2) is 18.0. The van der Waals surface area contributed by atoms with Crippen LogP contribution in [-0.4, -0.2) is 54.9 Å². The van der Waals surface area contributed by atoms with Gasteiger partial charge < -0.3 is 35.2 Å². The molecule has 0 aromatic carbocycles. The van der Waals surface area contributed by atoms with Gasteiger partial charge >= 0.3 is 14.8 Å². The molecule has 0 saturated heterocycles. The lowest BCUT2D eigenvalue weighted by atomic mass is 10.3. The molecule has 9 heteroatoms. The summed E-state index contributed by atoms with van der Waals surface area (Å²) in [5.41, 5.74) is 16.7. The molecule has 0 amide bonds. The third-order valence-electron chi connectivity index (χ3n) is 3.24. The standard InChI is InChI=1S/C9H25N3O3Si.C7H12O2/c1-13-16(14-2,8-4-7-11)15-9(12)5-3-6-10;1-3-5-6-9-7(8)4-2/h9H,3-8,10-12H2,1-2H3;4H,2-3,5-6H2,1H3. The maximum absolute atomic E-state index is 10.3. The van der Waals surface area contributed by atoms with Crippen LogP contribution < -0.4 is 17.2 Å². The average Bonchev–Trinajstić information content (AvgIpc) is 2.64. The van der Waals surface area contributed by atoms with E-state index >= 15 is 0 Å². The number of hydrogen-bond donors (Lipinski definition) is 3. The number of esters is 1. The minimum Gasteiger partial charge on any atom is -0.463 e. The molecule has 25 heavy (non-hydrogen) atoms. The number of carbonyl (C=O) groups is 1. The van der Waals surface area contributed by atoms with Gasteiger partial charge in [0.25, 0.3) is 0 Å². The Morgan fingerprint density at radius 1 is 1.16 bits per heavy atom. The van der Waals surface area contributed by atoms with Gasteiger partial charge in [0.2, 0.25) is 0 Å². The number of rotatable bonds is 14. The molecule has 1 atom stereocenters. The van der Waals surface area contributed by atoms with E-state index in [0.29, 0.717) is 32.2 Å². The number of hydrogen-bond acceptors (Lipinski definition) is 8. The Morgan fingerprint density at radius 3 is 2.20 bits per heavy atom. The lowest BCUT2D eigenvalue weighted by Crippen LogP contribution is -2.49. The van der Waals surface area contributed by atoms with Crippen molar-refractivity contribution in [2.45, 2.75) is 51.3 Å². The van der Waals surface area contributed by atoms with Gasteiger partial charge in [-0.2, -0.15) is 0 Å². The summed E-state index contributed by atoms with van der Waals surface area (Å²) in [6, 6.07) is 0.687. The first-order chi connectivity index (χ1) is 11.9. The van der Waals surface area contributed by atoms with Crippen molar-refractivity contribution in [1.82, 2.24) is 0 Å². The Morgan fingerprint density at radius 2 is 1.76 bits per heavy atom. The minimum absolute atomic E-state index is 0.330. The molecular formula is C16H37N3O5Si. The van der Waals surface area contributed by atoms with Crippen LogP contribution in [0, 0.1) is 0 Å². The average molecular weight is 380 g/mol. The topological polar surface area (TPSA) is 132 Å². The summed E-state index contributed by atoms with van der Waals surface area (Å²) < 4.78 is 21.1. The molecule has 0 heterocycles. The third kappa shape index (κ3) is 15.2. The summed E-state index contributed by atoms with van der Waals surface area (Å²) in [6.07, 6.45) is 5.11. The van der Waals surface area contributed by atoms with Gasteiger partial charge in [-0.05, 0) is 38.8 Å². The molecule has 0 aliphatic carbocycles. The molecule has 0 radical (unpaired) electrons. The van der Waals surface area contributed by atoms with Crippen LogP contribution in [0.4, 0.5) is 0 Å². The molecule has 0 saturated carbocycles. The summed E-state index contributed by atoms with van der Waals surface area (Å²) in [5.74, 6) is -0.330.